The van der Waals surface area contributed by atoms with Crippen molar-refractivity contribution < 1.29 is 0 Å². The average molecular weight is 189 g/mol. The largest absolute Gasteiger partial charge is 0.0628 e. The molecule has 0 nitrogen and oxygen atoms in total. The Morgan fingerprint density at radius 3 is 2.08 bits per heavy atom. The summed E-state index contributed by atoms with van der Waals surface area (Å²) in [4.78, 5) is 0. The second kappa shape index (κ2) is 5.97. The number of hydrogen-bond acceptors (Lipinski definition) is 0. The molecular formula is C11H26P+. The first-order valence-electron chi connectivity index (χ1n) is 5.30. The van der Waals surface area contributed by atoms with Crippen molar-refractivity contribution in [1.82, 2.24) is 0 Å². The summed E-state index contributed by atoms with van der Waals surface area (Å²) in [6.07, 6.45) is 7.27. The molecule has 0 aromatic heterocycles. The van der Waals surface area contributed by atoms with Gasteiger partial charge in [0.05, 0.1) is 12.3 Å². The molecule has 0 aliphatic carbocycles. The van der Waals surface area contributed by atoms with Gasteiger partial charge in [-0.2, -0.15) is 0 Å². The van der Waals surface area contributed by atoms with Crippen LogP contribution in [0.5, 0.6) is 0 Å². The van der Waals surface area contributed by atoms with Gasteiger partial charge in [0, 0.05) is 20.6 Å². The minimum Gasteiger partial charge on any atom is -0.0628 e. The molecule has 0 fully saturated rings. The highest BCUT2D eigenvalue weighted by Gasteiger charge is 2.20. The van der Waals surface area contributed by atoms with Gasteiger partial charge in [-0.15, -0.1) is 0 Å². The molecule has 0 amide bonds. The lowest BCUT2D eigenvalue weighted by Gasteiger charge is -2.15. The van der Waals surface area contributed by atoms with Crippen LogP contribution in [0, 0.1) is 5.92 Å². The summed E-state index contributed by atoms with van der Waals surface area (Å²) in [7, 11) is -0.483. The molecule has 74 valence electrons. The first-order valence-corrected chi connectivity index (χ1v) is 8.35. The van der Waals surface area contributed by atoms with Crippen LogP contribution in [0.4, 0.5) is 0 Å². The van der Waals surface area contributed by atoms with Gasteiger partial charge in [0.25, 0.3) is 0 Å². The fourth-order valence-corrected chi connectivity index (χ4v) is 2.65. The second-order valence-corrected chi connectivity index (χ2v) is 9.82. The molecule has 0 spiro atoms. The molecule has 0 unspecified atom stereocenters. The summed E-state index contributed by atoms with van der Waals surface area (Å²) in [6.45, 7) is 12.0. The SMILES string of the molecule is CC[P+](C)(C)CCCCC(C)C. The Hall–Kier alpha value is 0.430. The normalized spacial score (nSPS) is 12.5. The summed E-state index contributed by atoms with van der Waals surface area (Å²) in [6, 6.07) is 0. The molecule has 12 heavy (non-hydrogen) atoms. The fourth-order valence-electron chi connectivity index (χ4n) is 1.25. The number of hydrogen-bond donors (Lipinski definition) is 0. The van der Waals surface area contributed by atoms with E-state index in [1.807, 2.05) is 0 Å². The smallest absolute Gasteiger partial charge is 0.0588 e. The van der Waals surface area contributed by atoms with E-state index < -0.39 is 7.26 Å². The highest BCUT2D eigenvalue weighted by molar-refractivity contribution is 7.74. The van der Waals surface area contributed by atoms with Crippen molar-refractivity contribution in [3.05, 3.63) is 0 Å². The summed E-state index contributed by atoms with van der Waals surface area (Å²) in [5, 5.41) is 0. The van der Waals surface area contributed by atoms with Crippen LogP contribution >= 0.6 is 7.26 Å². The summed E-state index contributed by atoms with van der Waals surface area (Å²) < 4.78 is 0. The molecule has 0 saturated heterocycles. The van der Waals surface area contributed by atoms with Crippen LogP contribution in [0.3, 0.4) is 0 Å². The monoisotopic (exact) mass is 189 g/mol. The van der Waals surface area contributed by atoms with E-state index in [1.54, 1.807) is 0 Å². The van der Waals surface area contributed by atoms with E-state index in [-0.39, 0.29) is 0 Å². The van der Waals surface area contributed by atoms with Crippen LogP contribution in [-0.2, 0) is 0 Å². The Morgan fingerprint density at radius 2 is 1.67 bits per heavy atom. The van der Waals surface area contributed by atoms with Gasteiger partial charge < -0.3 is 0 Å². The Kier molecular flexibility index (Phi) is 6.19. The lowest BCUT2D eigenvalue weighted by Crippen LogP contribution is -1.98. The van der Waals surface area contributed by atoms with E-state index in [2.05, 4.69) is 34.1 Å². The molecule has 0 aromatic carbocycles. The van der Waals surface area contributed by atoms with E-state index in [9.17, 15) is 0 Å². The third-order valence-corrected chi connectivity index (χ3v) is 5.89. The van der Waals surface area contributed by atoms with E-state index in [4.69, 9.17) is 0 Å². The molecular weight excluding hydrogens is 163 g/mol. The van der Waals surface area contributed by atoms with Gasteiger partial charge in [-0.25, -0.2) is 0 Å². The van der Waals surface area contributed by atoms with Gasteiger partial charge >= 0.3 is 0 Å². The molecule has 0 aliphatic heterocycles. The molecule has 0 heterocycles. The Balaban J connectivity index is 3.31. The Labute approximate surface area is 79.5 Å². The first kappa shape index (κ1) is 12.4. The minimum atomic E-state index is -0.483. The van der Waals surface area contributed by atoms with Crippen molar-refractivity contribution >= 4 is 7.26 Å². The van der Waals surface area contributed by atoms with Crippen molar-refractivity contribution in [1.29, 1.82) is 0 Å². The van der Waals surface area contributed by atoms with Crippen molar-refractivity contribution in [3.8, 4) is 0 Å². The zero-order valence-corrected chi connectivity index (χ0v) is 10.5. The van der Waals surface area contributed by atoms with Crippen LogP contribution < -0.4 is 0 Å². The predicted molar refractivity (Wildman–Crippen MR) is 62.9 cm³/mol. The predicted octanol–water partition coefficient (Wildman–Crippen LogP) is 4.11. The van der Waals surface area contributed by atoms with Gasteiger partial charge in [-0.3, -0.25) is 0 Å². The number of unbranched alkanes of at least 4 members (excludes halogenated alkanes) is 1. The molecule has 0 aliphatic rings. The summed E-state index contributed by atoms with van der Waals surface area (Å²) in [5.74, 6) is 0.896. The zero-order chi connectivity index (χ0) is 9.61. The minimum absolute atomic E-state index is 0.483. The zero-order valence-electron chi connectivity index (χ0n) is 9.56. The van der Waals surface area contributed by atoms with Crippen LogP contribution in [-0.4, -0.2) is 25.7 Å². The maximum atomic E-state index is 2.49. The Bertz CT molecular complexity index is 106. The lowest BCUT2D eigenvalue weighted by atomic mass is 10.1. The quantitative estimate of drug-likeness (QED) is 0.435. The summed E-state index contributed by atoms with van der Waals surface area (Å²) >= 11 is 0. The van der Waals surface area contributed by atoms with Gasteiger partial charge in [-0.1, -0.05) is 20.3 Å². The van der Waals surface area contributed by atoms with Crippen LogP contribution in [0.1, 0.15) is 40.0 Å². The molecule has 0 radical (unpaired) electrons. The van der Waals surface area contributed by atoms with E-state index >= 15 is 0 Å². The maximum Gasteiger partial charge on any atom is 0.0588 e. The standard InChI is InChI=1S/C11H26P/c1-6-12(4,5)10-8-7-9-11(2)3/h11H,6-10H2,1-5H3/q+1. The molecule has 0 rings (SSSR count). The number of rotatable bonds is 6. The van der Waals surface area contributed by atoms with Gasteiger partial charge in [0.2, 0.25) is 0 Å². The third-order valence-electron chi connectivity index (χ3n) is 2.65. The highest BCUT2D eigenvalue weighted by atomic mass is 31.2. The van der Waals surface area contributed by atoms with Gasteiger partial charge in [-0.05, 0) is 25.7 Å². The van der Waals surface area contributed by atoms with Crippen LogP contribution in [0.25, 0.3) is 0 Å². The van der Waals surface area contributed by atoms with Crippen molar-refractivity contribution in [2.45, 2.75) is 40.0 Å². The highest BCUT2D eigenvalue weighted by Crippen LogP contribution is 2.51. The van der Waals surface area contributed by atoms with Crippen molar-refractivity contribution in [3.63, 3.8) is 0 Å². The van der Waals surface area contributed by atoms with E-state index in [0.29, 0.717) is 0 Å². The van der Waals surface area contributed by atoms with Crippen molar-refractivity contribution in [2.24, 2.45) is 5.92 Å². The van der Waals surface area contributed by atoms with E-state index in [1.165, 1.54) is 31.6 Å². The molecule has 1 heteroatoms. The molecule has 0 aromatic rings. The first-order chi connectivity index (χ1) is 5.48. The molecule has 0 atom stereocenters. The molecule has 0 bridgehead atoms. The third kappa shape index (κ3) is 7.10. The lowest BCUT2D eigenvalue weighted by molar-refractivity contribution is 0.550. The Morgan fingerprint density at radius 1 is 1.08 bits per heavy atom. The van der Waals surface area contributed by atoms with Gasteiger partial charge in [0.1, 0.15) is 0 Å². The summed E-state index contributed by atoms with van der Waals surface area (Å²) in [5.41, 5.74) is 0. The fraction of sp³-hybridized carbons (Fsp3) is 1.00. The van der Waals surface area contributed by atoms with Crippen LogP contribution in [0.15, 0.2) is 0 Å². The van der Waals surface area contributed by atoms with E-state index in [0.717, 1.165) is 5.92 Å². The van der Waals surface area contributed by atoms with Crippen molar-refractivity contribution in [2.75, 3.05) is 25.7 Å². The second-order valence-electron chi connectivity index (χ2n) is 4.87. The molecule has 0 saturated carbocycles. The maximum absolute atomic E-state index is 2.49. The van der Waals surface area contributed by atoms with Crippen LogP contribution in [0.2, 0.25) is 0 Å². The average Bonchev–Trinajstić information content (AvgIpc) is 1.98. The molecule has 0 N–H and O–H groups in total. The van der Waals surface area contributed by atoms with Gasteiger partial charge in [0.15, 0.2) is 0 Å². The topological polar surface area (TPSA) is 0 Å².